The van der Waals surface area contributed by atoms with E-state index in [2.05, 4.69) is 9.97 Å². The van der Waals surface area contributed by atoms with E-state index in [0.29, 0.717) is 0 Å². The second-order valence-corrected chi connectivity index (χ2v) is 9.09. The molecule has 3 aromatic carbocycles. The third-order valence-electron chi connectivity index (χ3n) is 6.02. The van der Waals surface area contributed by atoms with Crippen LogP contribution in [0.3, 0.4) is 0 Å². The van der Waals surface area contributed by atoms with E-state index in [0.717, 1.165) is 26.7 Å². The Labute approximate surface area is 202 Å². The lowest BCUT2D eigenvalue weighted by Crippen LogP contribution is -2.07. The van der Waals surface area contributed by atoms with Crippen LogP contribution in [0.5, 0.6) is 0 Å². The van der Waals surface area contributed by atoms with Gasteiger partial charge in [0.05, 0.1) is 11.1 Å². The molecule has 178 valence electrons. The summed E-state index contributed by atoms with van der Waals surface area (Å²) in [6.07, 6.45) is 1.31. The van der Waals surface area contributed by atoms with Crippen molar-refractivity contribution in [3.63, 3.8) is 0 Å². The molecule has 0 aliphatic heterocycles. The summed E-state index contributed by atoms with van der Waals surface area (Å²) in [5.74, 6) is -11.9. The monoisotopic (exact) mass is 511 g/mol. The maximum atomic E-state index is 14.3. The number of imidazole rings is 1. The molecule has 0 spiro atoms. The van der Waals surface area contributed by atoms with Crippen molar-refractivity contribution in [1.82, 2.24) is 14.5 Å². The molecule has 5 aromatic rings. The van der Waals surface area contributed by atoms with Crippen molar-refractivity contribution in [2.45, 2.75) is 0 Å². The Morgan fingerprint density at radius 2 is 1.33 bits per heavy atom. The second-order valence-electron chi connectivity index (χ2n) is 8.08. The minimum Gasteiger partial charge on any atom is -0.311 e. The van der Waals surface area contributed by atoms with Gasteiger partial charge in [-0.1, -0.05) is 35.6 Å². The predicted molar refractivity (Wildman–Crippen MR) is 122 cm³/mol. The fourth-order valence-corrected chi connectivity index (χ4v) is 5.15. The van der Waals surface area contributed by atoms with Gasteiger partial charge in [-0.15, -0.1) is 0 Å². The summed E-state index contributed by atoms with van der Waals surface area (Å²) >= 11 is 0.892. The number of nitrogens with zero attached hydrogens (tertiary/aromatic N) is 3. The van der Waals surface area contributed by atoms with E-state index >= 15 is 0 Å². The SMILES string of the molecule is Cn1c(-c2c(F)c(F)c(F)c(F)c2F)nc2sc(C=C3C(=O)c4cc5ccccc5cc4C3=O)nc21. The van der Waals surface area contributed by atoms with Crippen molar-refractivity contribution in [3.8, 4) is 11.4 Å². The number of thiazole rings is 1. The van der Waals surface area contributed by atoms with Crippen LogP contribution in [0.25, 0.3) is 38.7 Å². The number of aryl methyl sites for hydroxylation is 1. The maximum Gasteiger partial charge on any atom is 0.200 e. The Hall–Kier alpha value is -4.25. The van der Waals surface area contributed by atoms with Gasteiger partial charge in [0.25, 0.3) is 0 Å². The molecule has 0 N–H and O–H groups in total. The van der Waals surface area contributed by atoms with Gasteiger partial charge in [0, 0.05) is 18.2 Å². The first kappa shape index (κ1) is 22.2. The molecule has 11 heteroatoms. The Balaban J connectivity index is 1.43. The zero-order chi connectivity index (χ0) is 25.5. The molecular weight excluding hydrogens is 501 g/mol. The van der Waals surface area contributed by atoms with Gasteiger partial charge >= 0.3 is 0 Å². The van der Waals surface area contributed by atoms with Crippen molar-refractivity contribution in [2.75, 3.05) is 0 Å². The van der Waals surface area contributed by atoms with E-state index in [1.165, 1.54) is 13.1 Å². The van der Waals surface area contributed by atoms with E-state index in [-0.39, 0.29) is 32.2 Å². The Bertz CT molecular complexity index is 1770. The third kappa shape index (κ3) is 2.99. The number of Topliss-reactive ketones (excluding diaryl/α,β-unsaturated/α-hetero) is 2. The molecule has 5 nitrogen and oxygen atoms in total. The van der Waals surface area contributed by atoms with Gasteiger partial charge in [-0.05, 0) is 29.0 Å². The summed E-state index contributed by atoms with van der Waals surface area (Å²) in [6, 6.07) is 10.6. The normalized spacial score (nSPS) is 13.3. The van der Waals surface area contributed by atoms with Crippen LogP contribution in [0.15, 0.2) is 42.0 Å². The van der Waals surface area contributed by atoms with E-state index in [1.54, 1.807) is 12.1 Å². The maximum absolute atomic E-state index is 14.3. The van der Waals surface area contributed by atoms with Crippen molar-refractivity contribution < 1.29 is 31.5 Å². The highest BCUT2D eigenvalue weighted by Crippen LogP contribution is 2.36. The van der Waals surface area contributed by atoms with E-state index < -0.39 is 52.0 Å². The number of hydrogen-bond acceptors (Lipinski definition) is 5. The molecule has 0 radical (unpaired) electrons. The molecule has 2 aromatic heterocycles. The molecule has 1 aliphatic rings. The molecule has 0 saturated carbocycles. The molecule has 0 amide bonds. The average molecular weight is 511 g/mol. The van der Waals surface area contributed by atoms with Crippen molar-refractivity contribution in [1.29, 1.82) is 0 Å². The van der Waals surface area contributed by atoms with Crippen LogP contribution in [0.4, 0.5) is 22.0 Å². The average Bonchev–Trinajstić information content (AvgIpc) is 3.48. The lowest BCUT2D eigenvalue weighted by atomic mass is 10.0. The van der Waals surface area contributed by atoms with Gasteiger partial charge < -0.3 is 4.57 Å². The highest BCUT2D eigenvalue weighted by atomic mass is 32.1. The number of aromatic nitrogens is 3. The van der Waals surface area contributed by atoms with Gasteiger partial charge in [-0.2, -0.15) is 0 Å². The number of fused-ring (bicyclic) bond motifs is 3. The molecule has 1 aliphatic carbocycles. The molecule has 0 fully saturated rings. The largest absolute Gasteiger partial charge is 0.311 e. The lowest BCUT2D eigenvalue weighted by Gasteiger charge is -2.08. The van der Waals surface area contributed by atoms with Crippen LogP contribution < -0.4 is 0 Å². The molecule has 0 atom stereocenters. The molecule has 0 saturated heterocycles. The number of allylic oxidation sites excluding steroid dienone is 1. The number of benzene rings is 3. The third-order valence-corrected chi connectivity index (χ3v) is 6.90. The number of ketones is 2. The second kappa shape index (κ2) is 7.62. The minimum absolute atomic E-state index is 0.0759. The number of rotatable bonds is 2. The van der Waals surface area contributed by atoms with Gasteiger partial charge in [-0.3, -0.25) is 9.59 Å². The first-order valence-corrected chi connectivity index (χ1v) is 11.2. The molecule has 0 unspecified atom stereocenters. The van der Waals surface area contributed by atoms with Crippen LogP contribution in [0, 0.1) is 29.1 Å². The summed E-state index contributed by atoms with van der Waals surface area (Å²) in [5, 5.41) is 1.83. The van der Waals surface area contributed by atoms with E-state index in [1.807, 2.05) is 24.3 Å². The summed E-state index contributed by atoms with van der Waals surface area (Å²) in [6.45, 7) is 0. The fraction of sp³-hybridized carbons (Fsp3) is 0.0400. The quantitative estimate of drug-likeness (QED) is 0.0958. The lowest BCUT2D eigenvalue weighted by molar-refractivity contribution is 0.0990. The first-order chi connectivity index (χ1) is 17.2. The predicted octanol–water partition coefficient (Wildman–Crippen LogP) is 6.01. The summed E-state index contributed by atoms with van der Waals surface area (Å²) in [5.41, 5.74) is -0.649. The Kier molecular flexibility index (Phi) is 4.71. The number of carbonyl (C=O) groups excluding carboxylic acids is 2. The molecular formula is C25H10F5N3O2S. The topological polar surface area (TPSA) is 64.8 Å². The van der Waals surface area contributed by atoms with Gasteiger partial charge in [0.1, 0.15) is 10.8 Å². The zero-order valence-corrected chi connectivity index (χ0v) is 18.8. The van der Waals surface area contributed by atoms with Crippen LogP contribution in [-0.4, -0.2) is 26.1 Å². The summed E-state index contributed by atoms with van der Waals surface area (Å²) in [4.78, 5) is 34.3. The first-order valence-electron chi connectivity index (χ1n) is 10.4. The van der Waals surface area contributed by atoms with Crippen LogP contribution in [0.1, 0.15) is 25.7 Å². The fourth-order valence-electron chi connectivity index (χ4n) is 4.23. The van der Waals surface area contributed by atoms with Crippen molar-refractivity contribution >= 4 is 50.2 Å². The standard InChI is InChI=1S/C25H10F5N3O2S/c1-33-23(15-16(26)18(28)20(30)19(29)17(15)27)32-25-24(33)31-14(36-25)8-13-21(34)11-6-9-4-2-3-5-10(9)7-12(11)22(13)35/h2-8H,1H3. The van der Waals surface area contributed by atoms with Crippen molar-refractivity contribution in [3.05, 3.63) is 87.2 Å². The smallest absolute Gasteiger partial charge is 0.200 e. The number of carbonyl (C=O) groups is 2. The number of hydrogen-bond donors (Lipinski definition) is 0. The van der Waals surface area contributed by atoms with Crippen LogP contribution >= 0.6 is 11.3 Å². The number of halogens is 5. The minimum atomic E-state index is -2.27. The molecule has 0 bridgehead atoms. The van der Waals surface area contributed by atoms with Crippen LogP contribution in [0.2, 0.25) is 0 Å². The van der Waals surface area contributed by atoms with Crippen molar-refractivity contribution in [2.24, 2.45) is 7.05 Å². The highest BCUT2D eigenvalue weighted by molar-refractivity contribution is 7.19. The van der Waals surface area contributed by atoms with E-state index in [4.69, 9.17) is 0 Å². The molecule has 2 heterocycles. The highest BCUT2D eigenvalue weighted by Gasteiger charge is 2.34. The molecule has 6 rings (SSSR count). The Morgan fingerprint density at radius 3 is 1.86 bits per heavy atom. The molecule has 36 heavy (non-hydrogen) atoms. The van der Waals surface area contributed by atoms with Crippen LogP contribution in [-0.2, 0) is 7.05 Å². The summed E-state index contributed by atoms with van der Waals surface area (Å²) < 4.78 is 70.5. The summed E-state index contributed by atoms with van der Waals surface area (Å²) in [7, 11) is 1.30. The van der Waals surface area contributed by atoms with Gasteiger partial charge in [-0.25, -0.2) is 31.9 Å². The van der Waals surface area contributed by atoms with Gasteiger partial charge in [0.15, 0.2) is 45.3 Å². The zero-order valence-electron chi connectivity index (χ0n) is 18.0. The Morgan fingerprint density at radius 1 is 0.806 bits per heavy atom. The van der Waals surface area contributed by atoms with Gasteiger partial charge in [0.2, 0.25) is 5.82 Å². The van der Waals surface area contributed by atoms with E-state index in [9.17, 15) is 31.5 Å².